The molecule has 0 saturated carbocycles. The van der Waals surface area contributed by atoms with Gasteiger partial charge in [0.15, 0.2) is 0 Å². The second kappa shape index (κ2) is 9.85. The Morgan fingerprint density at radius 2 is 1.36 bits per heavy atom. The third-order valence-electron chi connectivity index (χ3n) is 5.76. The quantitative estimate of drug-likeness (QED) is 0.799. The van der Waals surface area contributed by atoms with Crippen LogP contribution in [0.1, 0.15) is 37.9 Å². The van der Waals surface area contributed by atoms with Crippen molar-refractivity contribution in [2.45, 2.75) is 32.9 Å². The Kier molecular flexibility index (Phi) is 7.24. The van der Waals surface area contributed by atoms with E-state index < -0.39 is 0 Å². The third-order valence-corrected chi connectivity index (χ3v) is 5.76. The average molecular weight is 380 g/mol. The molecule has 1 aliphatic heterocycles. The maximum Gasteiger partial charge on any atom is 0.234 e. The molecular weight excluding hydrogens is 346 g/mol. The Balaban J connectivity index is 1.62. The zero-order chi connectivity index (χ0) is 19.9. The van der Waals surface area contributed by atoms with Crippen LogP contribution < -0.4 is 5.32 Å². The molecule has 1 saturated heterocycles. The van der Waals surface area contributed by atoms with Crippen LogP contribution in [-0.4, -0.2) is 54.5 Å². The predicted molar refractivity (Wildman–Crippen MR) is 115 cm³/mol. The summed E-state index contributed by atoms with van der Waals surface area (Å²) in [6, 6.07) is 21.9. The summed E-state index contributed by atoms with van der Waals surface area (Å²) in [6.07, 6.45) is 0. The molecule has 2 aromatic carbocycles. The molecule has 1 aliphatic rings. The molecule has 4 heteroatoms. The van der Waals surface area contributed by atoms with Gasteiger partial charge in [-0.05, 0) is 24.0 Å². The van der Waals surface area contributed by atoms with E-state index in [1.165, 1.54) is 11.1 Å². The van der Waals surface area contributed by atoms with E-state index in [-0.39, 0.29) is 18.0 Å². The Morgan fingerprint density at radius 1 is 0.857 bits per heavy atom. The third kappa shape index (κ3) is 5.43. The highest BCUT2D eigenvalue weighted by Crippen LogP contribution is 2.29. The van der Waals surface area contributed by atoms with Crippen molar-refractivity contribution in [2.24, 2.45) is 5.92 Å². The fraction of sp³-hybridized carbons (Fsp3) is 0.458. The molecule has 150 valence electrons. The molecule has 0 spiro atoms. The molecule has 28 heavy (non-hydrogen) atoms. The zero-order valence-corrected chi connectivity index (χ0v) is 17.3. The lowest BCUT2D eigenvalue weighted by atomic mass is 9.96. The van der Waals surface area contributed by atoms with Crippen LogP contribution in [0.15, 0.2) is 60.7 Å². The molecule has 3 rings (SSSR count). The standard InChI is InChI=1S/C24H33N3O/c1-19(2)20(3)25-23(28)18-26-14-16-27(17-15-26)24(21-10-6-4-7-11-21)22-12-8-5-9-13-22/h4-13,19-20,24H,14-18H2,1-3H3,(H,25,28)/t20-/m0/s1. The van der Waals surface area contributed by atoms with Gasteiger partial charge >= 0.3 is 0 Å². The summed E-state index contributed by atoms with van der Waals surface area (Å²) in [4.78, 5) is 17.1. The van der Waals surface area contributed by atoms with Gasteiger partial charge in [-0.3, -0.25) is 14.6 Å². The molecular formula is C24H33N3O. The first-order valence-corrected chi connectivity index (χ1v) is 10.4. The van der Waals surface area contributed by atoms with Crippen molar-refractivity contribution in [2.75, 3.05) is 32.7 Å². The molecule has 0 aliphatic carbocycles. The lowest BCUT2D eigenvalue weighted by Crippen LogP contribution is -2.51. The molecule has 4 nitrogen and oxygen atoms in total. The SMILES string of the molecule is CC(C)[C@H](C)NC(=O)CN1CCN(C(c2ccccc2)c2ccccc2)CC1. The molecule has 1 atom stereocenters. The summed E-state index contributed by atoms with van der Waals surface area (Å²) in [7, 11) is 0. The topological polar surface area (TPSA) is 35.6 Å². The van der Waals surface area contributed by atoms with E-state index in [2.05, 4.69) is 96.6 Å². The molecule has 0 bridgehead atoms. The molecule has 1 fully saturated rings. The van der Waals surface area contributed by atoms with Crippen LogP contribution in [0.2, 0.25) is 0 Å². The normalized spacial score (nSPS) is 17.0. The van der Waals surface area contributed by atoms with Crippen LogP contribution >= 0.6 is 0 Å². The van der Waals surface area contributed by atoms with E-state index >= 15 is 0 Å². The summed E-state index contributed by atoms with van der Waals surface area (Å²) in [5.74, 6) is 0.593. The van der Waals surface area contributed by atoms with Gasteiger partial charge in [0.2, 0.25) is 5.91 Å². The Hall–Kier alpha value is -2.17. The highest BCUT2D eigenvalue weighted by molar-refractivity contribution is 5.78. The summed E-state index contributed by atoms with van der Waals surface area (Å²) in [5, 5.41) is 3.12. The highest BCUT2D eigenvalue weighted by atomic mass is 16.2. The molecule has 1 N–H and O–H groups in total. The van der Waals surface area contributed by atoms with Crippen molar-refractivity contribution < 1.29 is 4.79 Å². The minimum atomic E-state index is 0.136. The minimum absolute atomic E-state index is 0.136. The number of hydrogen-bond donors (Lipinski definition) is 1. The monoisotopic (exact) mass is 379 g/mol. The van der Waals surface area contributed by atoms with Crippen LogP contribution in [0.4, 0.5) is 0 Å². The van der Waals surface area contributed by atoms with E-state index in [1.807, 2.05) is 0 Å². The van der Waals surface area contributed by atoms with E-state index in [4.69, 9.17) is 0 Å². The van der Waals surface area contributed by atoms with E-state index in [9.17, 15) is 4.79 Å². The van der Waals surface area contributed by atoms with Crippen molar-refractivity contribution in [3.8, 4) is 0 Å². The lowest BCUT2D eigenvalue weighted by Gasteiger charge is -2.39. The molecule has 0 aromatic heterocycles. The van der Waals surface area contributed by atoms with E-state index in [0.29, 0.717) is 12.5 Å². The largest absolute Gasteiger partial charge is 0.352 e. The maximum atomic E-state index is 12.3. The van der Waals surface area contributed by atoms with Crippen LogP contribution in [0.3, 0.4) is 0 Å². The van der Waals surface area contributed by atoms with Gasteiger partial charge in [0.1, 0.15) is 0 Å². The zero-order valence-electron chi connectivity index (χ0n) is 17.3. The summed E-state index contributed by atoms with van der Waals surface area (Å²) in [5.41, 5.74) is 2.65. The van der Waals surface area contributed by atoms with E-state index in [0.717, 1.165) is 26.2 Å². The second-order valence-electron chi connectivity index (χ2n) is 8.14. The molecule has 0 unspecified atom stereocenters. The number of amides is 1. The Bertz CT molecular complexity index is 685. The average Bonchev–Trinajstić information content (AvgIpc) is 2.71. The number of carbonyl (C=O) groups is 1. The summed E-state index contributed by atoms with van der Waals surface area (Å²) >= 11 is 0. The van der Waals surface area contributed by atoms with Crippen molar-refractivity contribution in [3.63, 3.8) is 0 Å². The van der Waals surface area contributed by atoms with Crippen molar-refractivity contribution in [3.05, 3.63) is 71.8 Å². The smallest absolute Gasteiger partial charge is 0.234 e. The summed E-state index contributed by atoms with van der Waals surface area (Å²) in [6.45, 7) is 10.6. The Morgan fingerprint density at radius 3 is 1.82 bits per heavy atom. The summed E-state index contributed by atoms with van der Waals surface area (Å²) < 4.78 is 0. The van der Waals surface area contributed by atoms with Crippen molar-refractivity contribution in [1.29, 1.82) is 0 Å². The maximum absolute atomic E-state index is 12.3. The number of rotatable bonds is 7. The molecule has 1 amide bonds. The number of hydrogen-bond acceptors (Lipinski definition) is 3. The predicted octanol–water partition coefficient (Wildman–Crippen LogP) is 3.55. The van der Waals surface area contributed by atoms with Gasteiger partial charge in [0.05, 0.1) is 12.6 Å². The van der Waals surface area contributed by atoms with Crippen LogP contribution in [0, 0.1) is 5.92 Å². The first kappa shape index (κ1) is 20.6. The van der Waals surface area contributed by atoms with Gasteiger partial charge in [-0.25, -0.2) is 0 Å². The number of piperazine rings is 1. The van der Waals surface area contributed by atoms with Crippen LogP contribution in [0.25, 0.3) is 0 Å². The first-order chi connectivity index (χ1) is 13.5. The molecule has 1 heterocycles. The number of carbonyl (C=O) groups excluding carboxylic acids is 1. The fourth-order valence-corrected chi connectivity index (χ4v) is 3.73. The van der Waals surface area contributed by atoms with Crippen molar-refractivity contribution in [1.82, 2.24) is 15.1 Å². The van der Waals surface area contributed by atoms with Gasteiger partial charge in [-0.15, -0.1) is 0 Å². The fourth-order valence-electron chi connectivity index (χ4n) is 3.73. The van der Waals surface area contributed by atoms with Crippen molar-refractivity contribution >= 4 is 5.91 Å². The minimum Gasteiger partial charge on any atom is -0.352 e. The van der Waals surface area contributed by atoms with Gasteiger partial charge in [0, 0.05) is 32.2 Å². The molecule has 0 radical (unpaired) electrons. The first-order valence-electron chi connectivity index (χ1n) is 10.4. The van der Waals surface area contributed by atoms with Crippen LogP contribution in [0.5, 0.6) is 0 Å². The number of nitrogens with zero attached hydrogens (tertiary/aromatic N) is 2. The second-order valence-corrected chi connectivity index (χ2v) is 8.14. The van der Waals surface area contributed by atoms with Crippen LogP contribution in [-0.2, 0) is 4.79 Å². The number of benzene rings is 2. The van der Waals surface area contributed by atoms with Gasteiger partial charge in [-0.2, -0.15) is 0 Å². The highest BCUT2D eigenvalue weighted by Gasteiger charge is 2.27. The van der Waals surface area contributed by atoms with Gasteiger partial charge in [-0.1, -0.05) is 74.5 Å². The van der Waals surface area contributed by atoms with E-state index in [1.54, 1.807) is 0 Å². The Labute approximate surface area is 169 Å². The van der Waals surface area contributed by atoms with Gasteiger partial charge in [0.25, 0.3) is 0 Å². The lowest BCUT2D eigenvalue weighted by molar-refractivity contribution is -0.123. The van der Waals surface area contributed by atoms with Gasteiger partial charge < -0.3 is 5.32 Å². The number of nitrogens with one attached hydrogen (secondary N) is 1. The molecule has 2 aromatic rings.